The lowest BCUT2D eigenvalue weighted by atomic mass is 10.1. The number of ether oxygens (including phenoxy) is 2. The minimum Gasteiger partial charge on any atom is -0.482 e. The second kappa shape index (κ2) is 7.68. The van der Waals surface area contributed by atoms with Gasteiger partial charge in [0.2, 0.25) is 0 Å². The van der Waals surface area contributed by atoms with Crippen LogP contribution in [-0.2, 0) is 16.1 Å². The van der Waals surface area contributed by atoms with Crippen molar-refractivity contribution in [1.29, 1.82) is 0 Å². The van der Waals surface area contributed by atoms with Crippen LogP contribution in [0.4, 0.5) is 0 Å². The van der Waals surface area contributed by atoms with E-state index in [1.807, 2.05) is 24.3 Å². The molecule has 3 aromatic rings. The zero-order valence-corrected chi connectivity index (χ0v) is 15.0. The van der Waals surface area contributed by atoms with Crippen LogP contribution in [0, 0.1) is 0 Å². The average molecular weight is 375 g/mol. The summed E-state index contributed by atoms with van der Waals surface area (Å²) in [5, 5.41) is 1.58. The molecule has 2 aromatic carbocycles. The van der Waals surface area contributed by atoms with E-state index in [1.54, 1.807) is 24.3 Å². The third kappa shape index (κ3) is 4.18. The van der Waals surface area contributed by atoms with Gasteiger partial charge in [-0.3, -0.25) is 4.79 Å². The van der Waals surface area contributed by atoms with Gasteiger partial charge in [0.15, 0.2) is 12.4 Å². The number of ketones is 1. The average Bonchev–Trinajstić information content (AvgIpc) is 2.95. The first-order chi connectivity index (χ1) is 12.0. The monoisotopic (exact) mass is 374 g/mol. The lowest BCUT2D eigenvalue weighted by Gasteiger charge is -2.07. The van der Waals surface area contributed by atoms with Gasteiger partial charge in [-0.2, -0.15) is 0 Å². The van der Waals surface area contributed by atoms with Crippen molar-refractivity contribution in [3.63, 3.8) is 0 Å². The van der Waals surface area contributed by atoms with Crippen molar-refractivity contribution in [2.45, 2.75) is 13.5 Å². The van der Waals surface area contributed by atoms with E-state index in [0.29, 0.717) is 16.3 Å². The normalized spacial score (nSPS) is 10.6. The zero-order chi connectivity index (χ0) is 17.8. The number of fused-ring (bicyclic) bond motifs is 1. The first-order valence-electron chi connectivity index (χ1n) is 7.60. The molecule has 0 atom stereocenters. The highest BCUT2D eigenvalue weighted by Gasteiger charge is 2.12. The Morgan fingerprint density at radius 1 is 1.08 bits per heavy atom. The van der Waals surface area contributed by atoms with Crippen LogP contribution in [0.2, 0.25) is 5.02 Å². The second-order valence-corrected chi connectivity index (χ2v) is 6.88. The molecule has 0 spiro atoms. The number of carbonyl (C=O) groups is 2. The number of hydrogen-bond acceptors (Lipinski definition) is 5. The molecule has 1 heterocycles. The maximum Gasteiger partial charge on any atom is 0.344 e. The summed E-state index contributed by atoms with van der Waals surface area (Å²) < 4.78 is 11.7. The molecule has 0 radical (unpaired) electrons. The number of rotatable bonds is 6. The molecule has 0 saturated heterocycles. The van der Waals surface area contributed by atoms with Gasteiger partial charge in [-0.05, 0) is 37.3 Å². The van der Waals surface area contributed by atoms with Crippen LogP contribution in [0.3, 0.4) is 0 Å². The number of carbonyl (C=O) groups excluding carboxylic acids is 2. The van der Waals surface area contributed by atoms with E-state index in [9.17, 15) is 9.59 Å². The van der Waals surface area contributed by atoms with Gasteiger partial charge >= 0.3 is 5.97 Å². The quantitative estimate of drug-likeness (QED) is 0.456. The van der Waals surface area contributed by atoms with E-state index in [4.69, 9.17) is 21.1 Å². The zero-order valence-electron chi connectivity index (χ0n) is 13.5. The molecule has 1 aromatic heterocycles. The molecule has 25 heavy (non-hydrogen) atoms. The van der Waals surface area contributed by atoms with E-state index < -0.39 is 5.97 Å². The molecular weight excluding hydrogens is 360 g/mol. The lowest BCUT2D eigenvalue weighted by molar-refractivity contribution is -0.147. The summed E-state index contributed by atoms with van der Waals surface area (Å²) in [5.74, 6) is -0.00261. The standard InChI is InChI=1S/C19H15ClO4S/c1-12(21)13-6-8-14(9-7-13)23-11-18(22)24-10-17-19(20)15-4-2-3-5-16(15)25-17/h2-9H,10-11H2,1H3. The Balaban J connectivity index is 1.54. The van der Waals surface area contributed by atoms with Crippen LogP contribution in [0.25, 0.3) is 10.1 Å². The van der Waals surface area contributed by atoms with E-state index in [1.165, 1.54) is 18.3 Å². The summed E-state index contributed by atoms with van der Waals surface area (Å²) in [4.78, 5) is 23.9. The van der Waals surface area contributed by atoms with Crippen LogP contribution >= 0.6 is 22.9 Å². The van der Waals surface area contributed by atoms with Crippen molar-refractivity contribution in [1.82, 2.24) is 0 Å². The minimum absolute atomic E-state index is 0.0221. The van der Waals surface area contributed by atoms with Crippen LogP contribution in [0.15, 0.2) is 48.5 Å². The molecule has 0 fully saturated rings. The number of esters is 1. The van der Waals surface area contributed by atoms with Crippen LogP contribution in [0.5, 0.6) is 5.75 Å². The summed E-state index contributed by atoms with van der Waals surface area (Å²) in [5.41, 5.74) is 0.592. The van der Waals surface area contributed by atoms with Gasteiger partial charge in [-0.1, -0.05) is 29.8 Å². The topological polar surface area (TPSA) is 52.6 Å². The molecular formula is C19H15ClO4S. The van der Waals surface area contributed by atoms with Crippen molar-refractivity contribution in [3.05, 3.63) is 64.0 Å². The number of benzene rings is 2. The predicted molar refractivity (Wildman–Crippen MR) is 98.6 cm³/mol. The Bertz CT molecular complexity index is 915. The Morgan fingerprint density at radius 3 is 2.48 bits per heavy atom. The minimum atomic E-state index is -0.482. The summed E-state index contributed by atoms with van der Waals surface area (Å²) in [7, 11) is 0. The fraction of sp³-hybridized carbons (Fsp3) is 0.158. The van der Waals surface area contributed by atoms with Crippen LogP contribution in [-0.4, -0.2) is 18.4 Å². The van der Waals surface area contributed by atoms with E-state index >= 15 is 0 Å². The molecule has 0 amide bonds. The maximum absolute atomic E-state index is 11.9. The molecule has 128 valence electrons. The fourth-order valence-electron chi connectivity index (χ4n) is 2.27. The molecule has 0 unspecified atom stereocenters. The number of thiophene rings is 1. The van der Waals surface area contributed by atoms with E-state index in [-0.39, 0.29) is 19.0 Å². The Hall–Kier alpha value is -2.37. The molecule has 0 aliphatic heterocycles. The van der Waals surface area contributed by atoms with Gasteiger partial charge in [0.05, 0.1) is 9.90 Å². The summed E-state index contributed by atoms with van der Waals surface area (Å²) in [6, 6.07) is 14.4. The van der Waals surface area contributed by atoms with Gasteiger partial charge in [0.1, 0.15) is 12.4 Å². The lowest BCUT2D eigenvalue weighted by Crippen LogP contribution is -2.14. The number of halogens is 1. The first kappa shape index (κ1) is 17.5. The molecule has 4 nitrogen and oxygen atoms in total. The van der Waals surface area contributed by atoms with Gasteiger partial charge in [0.25, 0.3) is 0 Å². The first-order valence-corrected chi connectivity index (χ1v) is 8.79. The molecule has 3 rings (SSSR count). The molecule has 0 N–H and O–H groups in total. The van der Waals surface area contributed by atoms with Crippen LogP contribution < -0.4 is 4.74 Å². The molecule has 0 bridgehead atoms. The number of hydrogen-bond donors (Lipinski definition) is 0. The van der Waals surface area contributed by atoms with Crippen molar-refractivity contribution < 1.29 is 19.1 Å². The summed E-state index contributed by atoms with van der Waals surface area (Å²) >= 11 is 7.82. The van der Waals surface area contributed by atoms with Crippen molar-refractivity contribution >= 4 is 44.8 Å². The third-order valence-electron chi connectivity index (χ3n) is 3.58. The Kier molecular flexibility index (Phi) is 5.36. The van der Waals surface area contributed by atoms with Crippen LogP contribution in [0.1, 0.15) is 22.2 Å². The smallest absolute Gasteiger partial charge is 0.344 e. The molecule has 0 aliphatic carbocycles. The third-order valence-corrected chi connectivity index (χ3v) is 5.27. The van der Waals surface area contributed by atoms with Crippen molar-refractivity contribution in [2.24, 2.45) is 0 Å². The molecule has 0 aliphatic rings. The van der Waals surface area contributed by atoms with Crippen molar-refractivity contribution in [3.8, 4) is 5.75 Å². The van der Waals surface area contributed by atoms with Gasteiger partial charge in [-0.15, -0.1) is 11.3 Å². The summed E-state index contributed by atoms with van der Waals surface area (Å²) in [6.45, 7) is 1.40. The van der Waals surface area contributed by atoms with Gasteiger partial charge in [0, 0.05) is 15.6 Å². The van der Waals surface area contributed by atoms with E-state index in [0.717, 1.165) is 15.0 Å². The highest BCUT2D eigenvalue weighted by Crippen LogP contribution is 2.35. The molecule has 0 saturated carbocycles. The Labute approximate surface area is 153 Å². The number of Topliss-reactive ketones (excluding diaryl/α,β-unsaturated/α-hetero) is 1. The predicted octanol–water partition coefficient (Wildman–Crippen LogP) is 4.88. The maximum atomic E-state index is 11.9. The fourth-order valence-corrected chi connectivity index (χ4v) is 3.67. The van der Waals surface area contributed by atoms with Gasteiger partial charge < -0.3 is 9.47 Å². The highest BCUT2D eigenvalue weighted by molar-refractivity contribution is 7.19. The largest absolute Gasteiger partial charge is 0.482 e. The highest BCUT2D eigenvalue weighted by atomic mass is 35.5. The SMILES string of the molecule is CC(=O)c1ccc(OCC(=O)OCc2sc3ccccc3c2Cl)cc1. The summed E-state index contributed by atoms with van der Waals surface area (Å²) in [6.07, 6.45) is 0. The Morgan fingerprint density at radius 2 is 1.80 bits per heavy atom. The van der Waals surface area contributed by atoms with E-state index in [2.05, 4.69) is 0 Å². The van der Waals surface area contributed by atoms with Crippen molar-refractivity contribution in [2.75, 3.05) is 6.61 Å². The second-order valence-electron chi connectivity index (χ2n) is 5.37. The van der Waals surface area contributed by atoms with Gasteiger partial charge in [-0.25, -0.2) is 4.79 Å². The molecule has 6 heteroatoms.